The molecule has 2 rings (SSSR count). The first-order valence-corrected chi connectivity index (χ1v) is 4.87. The van der Waals surface area contributed by atoms with Crippen LogP contribution in [0.4, 0.5) is 10.1 Å². The first-order valence-electron chi connectivity index (χ1n) is 3.25. The molecule has 0 fully saturated rings. The zero-order chi connectivity index (χ0) is 9.42. The second-order valence-corrected chi connectivity index (χ2v) is 3.92. The Morgan fingerprint density at radius 3 is 3.00 bits per heavy atom. The van der Waals surface area contributed by atoms with Crippen molar-refractivity contribution in [3.8, 4) is 0 Å². The van der Waals surface area contributed by atoms with Crippen LogP contribution in [0.1, 0.15) is 0 Å². The molecular weight excluding hydrogens is 244 g/mol. The Hall–Kier alpha value is -1.33. The van der Waals surface area contributed by atoms with Crippen molar-refractivity contribution in [2.24, 2.45) is 0 Å². The van der Waals surface area contributed by atoms with E-state index in [1.54, 1.807) is 0 Å². The summed E-state index contributed by atoms with van der Waals surface area (Å²) in [6.07, 6.45) is 0. The van der Waals surface area contributed by atoms with Gasteiger partial charge in [-0.2, -0.15) is 0 Å². The molecule has 0 amide bonds. The van der Waals surface area contributed by atoms with Crippen LogP contribution in [0.2, 0.25) is 0 Å². The fourth-order valence-electron chi connectivity index (χ4n) is 0.949. The van der Waals surface area contributed by atoms with Crippen LogP contribution in [0.15, 0.2) is 12.1 Å². The number of fused-ring (bicyclic) bond motifs is 1. The van der Waals surface area contributed by atoms with Crippen LogP contribution in [0.25, 0.3) is 9.78 Å². The number of benzene rings is 1. The van der Waals surface area contributed by atoms with Crippen LogP contribution in [-0.4, -0.2) is 28.8 Å². The van der Waals surface area contributed by atoms with Gasteiger partial charge >= 0.3 is 76.8 Å². The summed E-state index contributed by atoms with van der Waals surface area (Å²) in [5, 5.41) is 13.8. The molecule has 66 valence electrons. The molecule has 13 heavy (non-hydrogen) atoms. The molecule has 1 aromatic heterocycles. The zero-order valence-electron chi connectivity index (χ0n) is 6.10. The topological polar surface area (TPSA) is 68.9 Å². The van der Waals surface area contributed by atoms with Crippen molar-refractivity contribution in [1.29, 1.82) is 0 Å². The molecular formula is C6H2FN3O2Se. The minimum absolute atomic E-state index is 0.0224. The molecule has 0 aliphatic rings. The number of rotatable bonds is 1. The van der Waals surface area contributed by atoms with Gasteiger partial charge in [0.2, 0.25) is 0 Å². The second-order valence-electron chi connectivity index (χ2n) is 2.28. The first kappa shape index (κ1) is 8.28. The molecule has 0 aliphatic carbocycles. The van der Waals surface area contributed by atoms with Crippen LogP contribution in [0.5, 0.6) is 0 Å². The van der Waals surface area contributed by atoms with Crippen molar-refractivity contribution in [2.75, 3.05) is 0 Å². The number of halogens is 1. The minimum atomic E-state index is -0.884. The third-order valence-corrected chi connectivity index (χ3v) is 2.98. The molecule has 0 atom stereocenters. The summed E-state index contributed by atoms with van der Waals surface area (Å²) in [6, 6.07) is 2.64. The molecule has 0 spiro atoms. The van der Waals surface area contributed by atoms with E-state index in [0.29, 0.717) is 4.26 Å². The van der Waals surface area contributed by atoms with Crippen molar-refractivity contribution in [3.63, 3.8) is 0 Å². The van der Waals surface area contributed by atoms with Crippen LogP contribution in [-0.2, 0) is 0 Å². The summed E-state index contributed by atoms with van der Waals surface area (Å²) < 4.78 is 17.5. The quantitative estimate of drug-likeness (QED) is 0.422. The third-order valence-electron chi connectivity index (χ3n) is 1.54. The van der Waals surface area contributed by atoms with E-state index in [1.807, 2.05) is 0 Å². The van der Waals surface area contributed by atoms with Crippen molar-refractivity contribution in [1.82, 2.24) is 9.19 Å². The Labute approximate surface area is 77.3 Å². The van der Waals surface area contributed by atoms with E-state index in [2.05, 4.69) is 9.19 Å². The van der Waals surface area contributed by atoms with E-state index in [0.717, 1.165) is 6.07 Å². The second kappa shape index (κ2) is 2.86. The fraction of sp³-hybridized carbons (Fsp3) is 0. The normalized spacial score (nSPS) is 10.5. The summed E-state index contributed by atoms with van der Waals surface area (Å²) in [7, 11) is 0. The van der Waals surface area contributed by atoms with Gasteiger partial charge in [-0.15, -0.1) is 0 Å². The predicted octanol–water partition coefficient (Wildman–Crippen LogP) is 0.734. The fourth-order valence-corrected chi connectivity index (χ4v) is 2.12. The number of aromatic nitrogens is 2. The first-order chi connectivity index (χ1) is 6.20. The standard InChI is InChI=1S/C6H2FN3O2Se/c7-5-3(10(11)12)1-2-4-6(5)8-9-13-4/h1-2H. The Bertz CT molecular complexity index is 484. The number of hydrogen-bond donors (Lipinski definition) is 0. The van der Waals surface area contributed by atoms with Crippen molar-refractivity contribution < 1.29 is 9.31 Å². The van der Waals surface area contributed by atoms with Crippen molar-refractivity contribution >= 4 is 30.2 Å². The van der Waals surface area contributed by atoms with Gasteiger partial charge in [-0.1, -0.05) is 0 Å². The van der Waals surface area contributed by atoms with Gasteiger partial charge in [0.1, 0.15) is 0 Å². The number of nitro benzene ring substituents is 1. The Morgan fingerprint density at radius 2 is 2.31 bits per heavy atom. The molecule has 0 saturated heterocycles. The maximum atomic E-state index is 13.2. The molecule has 7 heteroatoms. The Morgan fingerprint density at radius 1 is 1.54 bits per heavy atom. The molecule has 0 N–H and O–H groups in total. The van der Waals surface area contributed by atoms with Gasteiger partial charge in [0.05, 0.1) is 0 Å². The van der Waals surface area contributed by atoms with E-state index in [1.165, 1.54) is 6.07 Å². The average molecular weight is 246 g/mol. The molecule has 0 bridgehead atoms. The third kappa shape index (κ3) is 1.22. The van der Waals surface area contributed by atoms with Gasteiger partial charge in [0, 0.05) is 0 Å². The van der Waals surface area contributed by atoms with Crippen LogP contribution < -0.4 is 0 Å². The monoisotopic (exact) mass is 247 g/mol. The summed E-state index contributed by atoms with van der Waals surface area (Å²) in [5.41, 5.74) is -0.524. The van der Waals surface area contributed by atoms with E-state index in [9.17, 15) is 14.5 Å². The van der Waals surface area contributed by atoms with Gasteiger partial charge in [-0.05, 0) is 0 Å². The van der Waals surface area contributed by atoms with E-state index in [4.69, 9.17) is 0 Å². The van der Waals surface area contributed by atoms with Gasteiger partial charge < -0.3 is 0 Å². The van der Waals surface area contributed by atoms with Crippen molar-refractivity contribution in [2.45, 2.75) is 0 Å². The molecule has 0 unspecified atom stereocenters. The molecule has 1 heterocycles. The maximum absolute atomic E-state index is 13.2. The van der Waals surface area contributed by atoms with Crippen LogP contribution in [0, 0.1) is 15.9 Å². The van der Waals surface area contributed by atoms with Gasteiger partial charge in [-0.25, -0.2) is 0 Å². The number of nitrogens with zero attached hydrogens (tertiary/aromatic N) is 3. The molecule has 0 aliphatic heterocycles. The average Bonchev–Trinajstić information content (AvgIpc) is 2.52. The Kier molecular flexibility index (Phi) is 1.82. The van der Waals surface area contributed by atoms with Crippen LogP contribution in [0.3, 0.4) is 0 Å². The SMILES string of the molecule is O=[N+]([O-])c1ccc2[se]nnc2c1F. The van der Waals surface area contributed by atoms with E-state index >= 15 is 0 Å². The molecule has 2 aromatic rings. The number of hydrogen-bond acceptors (Lipinski definition) is 4. The Balaban J connectivity index is 2.80. The molecule has 0 radical (unpaired) electrons. The molecule has 0 saturated carbocycles. The number of nitro groups is 1. The summed E-state index contributed by atoms with van der Waals surface area (Å²) in [5.74, 6) is -0.884. The van der Waals surface area contributed by atoms with Crippen LogP contribution >= 0.6 is 0 Å². The van der Waals surface area contributed by atoms with E-state index in [-0.39, 0.29) is 20.2 Å². The summed E-state index contributed by atoms with van der Waals surface area (Å²) >= 11 is -0.231. The predicted molar refractivity (Wildman–Crippen MR) is 43.1 cm³/mol. The van der Waals surface area contributed by atoms with Gasteiger partial charge in [0.15, 0.2) is 0 Å². The summed E-state index contributed by atoms with van der Waals surface area (Å²) in [6.45, 7) is 0. The van der Waals surface area contributed by atoms with Gasteiger partial charge in [0.25, 0.3) is 0 Å². The van der Waals surface area contributed by atoms with Gasteiger partial charge in [-0.3, -0.25) is 0 Å². The summed E-state index contributed by atoms with van der Waals surface area (Å²) in [4.78, 5) is 9.55. The molecule has 1 aromatic carbocycles. The van der Waals surface area contributed by atoms with Crippen molar-refractivity contribution in [3.05, 3.63) is 28.1 Å². The van der Waals surface area contributed by atoms with E-state index < -0.39 is 16.4 Å². The zero-order valence-corrected chi connectivity index (χ0v) is 7.81. The molecule has 5 nitrogen and oxygen atoms in total.